The molecule has 2 saturated heterocycles. The summed E-state index contributed by atoms with van der Waals surface area (Å²) in [6, 6.07) is 0.439. The zero-order valence-corrected chi connectivity index (χ0v) is 13.6. The van der Waals surface area contributed by atoms with Crippen molar-refractivity contribution >= 4 is 5.91 Å². The van der Waals surface area contributed by atoms with Crippen LogP contribution in [0, 0.1) is 11.8 Å². The Hall–Kier alpha value is -0.650. The third-order valence-electron chi connectivity index (χ3n) is 4.49. The maximum Gasteiger partial charge on any atom is 0.224 e. The summed E-state index contributed by atoms with van der Waals surface area (Å²) in [5.74, 6) is 1.03. The van der Waals surface area contributed by atoms with E-state index in [-0.39, 0.29) is 11.8 Å². The average molecular weight is 297 g/mol. The Kier molecular flexibility index (Phi) is 6.93. The number of carbonyl (C=O) groups is 1. The van der Waals surface area contributed by atoms with Crippen molar-refractivity contribution in [2.45, 2.75) is 39.2 Å². The van der Waals surface area contributed by atoms with Gasteiger partial charge < -0.3 is 15.4 Å². The first-order chi connectivity index (χ1) is 10.2. The van der Waals surface area contributed by atoms with Gasteiger partial charge in [0.05, 0.1) is 19.1 Å². The van der Waals surface area contributed by atoms with Gasteiger partial charge in [-0.25, -0.2) is 0 Å². The van der Waals surface area contributed by atoms with E-state index < -0.39 is 0 Å². The summed E-state index contributed by atoms with van der Waals surface area (Å²) in [6.45, 7) is 10.8. The van der Waals surface area contributed by atoms with Crippen molar-refractivity contribution in [3.8, 4) is 0 Å². The van der Waals surface area contributed by atoms with Gasteiger partial charge in [-0.2, -0.15) is 0 Å². The number of rotatable bonds is 6. The molecule has 122 valence electrons. The summed E-state index contributed by atoms with van der Waals surface area (Å²) in [5.41, 5.74) is 0. The maximum absolute atomic E-state index is 12.3. The van der Waals surface area contributed by atoms with E-state index >= 15 is 0 Å². The summed E-state index contributed by atoms with van der Waals surface area (Å²) in [4.78, 5) is 14.8. The summed E-state index contributed by atoms with van der Waals surface area (Å²) in [7, 11) is 0. The highest BCUT2D eigenvalue weighted by Crippen LogP contribution is 2.14. The second-order valence-electron chi connectivity index (χ2n) is 6.72. The fourth-order valence-electron chi connectivity index (χ4n) is 3.29. The number of ether oxygens (including phenoxy) is 1. The van der Waals surface area contributed by atoms with Crippen LogP contribution < -0.4 is 10.6 Å². The molecule has 0 aromatic carbocycles. The lowest BCUT2D eigenvalue weighted by Gasteiger charge is -2.36. The molecule has 2 heterocycles. The van der Waals surface area contributed by atoms with Crippen LogP contribution in [0.4, 0.5) is 0 Å². The molecule has 0 aromatic heterocycles. The molecule has 0 bridgehead atoms. The smallest absolute Gasteiger partial charge is 0.224 e. The highest BCUT2D eigenvalue weighted by Gasteiger charge is 2.25. The largest absolute Gasteiger partial charge is 0.379 e. The molecule has 2 fully saturated rings. The van der Waals surface area contributed by atoms with Crippen LogP contribution >= 0.6 is 0 Å². The van der Waals surface area contributed by atoms with Crippen molar-refractivity contribution in [1.29, 1.82) is 0 Å². The van der Waals surface area contributed by atoms with Crippen LogP contribution in [0.1, 0.15) is 33.1 Å². The van der Waals surface area contributed by atoms with Crippen LogP contribution in [0.3, 0.4) is 0 Å². The van der Waals surface area contributed by atoms with Crippen LogP contribution in [-0.2, 0) is 9.53 Å². The summed E-state index contributed by atoms with van der Waals surface area (Å²) in [5, 5.41) is 6.50. The summed E-state index contributed by atoms with van der Waals surface area (Å²) >= 11 is 0. The van der Waals surface area contributed by atoms with Gasteiger partial charge in [-0.15, -0.1) is 0 Å². The van der Waals surface area contributed by atoms with E-state index in [0.717, 1.165) is 65.2 Å². The number of morpholine rings is 1. The zero-order chi connectivity index (χ0) is 15.1. The van der Waals surface area contributed by atoms with E-state index in [1.165, 1.54) is 0 Å². The highest BCUT2D eigenvalue weighted by molar-refractivity contribution is 5.79. The topological polar surface area (TPSA) is 53.6 Å². The van der Waals surface area contributed by atoms with Crippen molar-refractivity contribution in [1.82, 2.24) is 15.5 Å². The molecule has 2 rings (SSSR count). The third-order valence-corrected chi connectivity index (χ3v) is 4.49. The van der Waals surface area contributed by atoms with E-state index in [1.807, 2.05) is 0 Å². The first-order valence-corrected chi connectivity index (χ1v) is 8.47. The second kappa shape index (κ2) is 8.71. The SMILES string of the molecule is CC(C)CC(CNC(=O)[C@H]1CCCNC1)N1CCOCC1. The monoisotopic (exact) mass is 297 g/mol. The van der Waals surface area contributed by atoms with Gasteiger partial charge >= 0.3 is 0 Å². The lowest BCUT2D eigenvalue weighted by Crippen LogP contribution is -2.50. The summed E-state index contributed by atoms with van der Waals surface area (Å²) < 4.78 is 5.44. The van der Waals surface area contributed by atoms with Gasteiger partial charge in [0.2, 0.25) is 5.91 Å². The Balaban J connectivity index is 1.81. The van der Waals surface area contributed by atoms with Gasteiger partial charge in [0.15, 0.2) is 0 Å². The minimum Gasteiger partial charge on any atom is -0.379 e. The van der Waals surface area contributed by atoms with Crippen molar-refractivity contribution in [2.75, 3.05) is 45.9 Å². The van der Waals surface area contributed by atoms with Crippen LogP contribution in [-0.4, -0.2) is 62.8 Å². The predicted molar refractivity (Wildman–Crippen MR) is 84.2 cm³/mol. The molecule has 2 aliphatic rings. The number of piperidine rings is 1. The number of nitrogens with zero attached hydrogens (tertiary/aromatic N) is 1. The predicted octanol–water partition coefficient (Wildman–Crippen LogP) is 0.849. The molecule has 0 spiro atoms. The lowest BCUT2D eigenvalue weighted by atomic mass is 9.98. The molecule has 2 atom stereocenters. The number of hydrogen-bond donors (Lipinski definition) is 2. The van der Waals surface area contributed by atoms with Gasteiger partial charge in [0.25, 0.3) is 0 Å². The van der Waals surface area contributed by atoms with Gasteiger partial charge in [-0.3, -0.25) is 9.69 Å². The molecule has 5 nitrogen and oxygen atoms in total. The fraction of sp³-hybridized carbons (Fsp3) is 0.938. The van der Waals surface area contributed by atoms with Crippen LogP contribution in [0.25, 0.3) is 0 Å². The lowest BCUT2D eigenvalue weighted by molar-refractivity contribution is -0.125. The van der Waals surface area contributed by atoms with Gasteiger partial charge in [-0.05, 0) is 31.7 Å². The molecule has 0 aliphatic carbocycles. The zero-order valence-electron chi connectivity index (χ0n) is 13.6. The van der Waals surface area contributed by atoms with E-state index in [0.29, 0.717) is 12.0 Å². The third kappa shape index (κ3) is 5.57. The van der Waals surface area contributed by atoms with E-state index in [2.05, 4.69) is 29.4 Å². The Bertz CT molecular complexity index is 311. The molecule has 1 unspecified atom stereocenters. The Labute approximate surface area is 128 Å². The molecule has 0 radical (unpaired) electrons. The first kappa shape index (κ1) is 16.7. The molecule has 0 aromatic rings. The van der Waals surface area contributed by atoms with Crippen molar-refractivity contribution in [2.24, 2.45) is 11.8 Å². The Morgan fingerprint density at radius 2 is 2.14 bits per heavy atom. The van der Waals surface area contributed by atoms with E-state index in [4.69, 9.17) is 4.74 Å². The van der Waals surface area contributed by atoms with Crippen LogP contribution in [0.5, 0.6) is 0 Å². The molecule has 2 N–H and O–H groups in total. The quantitative estimate of drug-likeness (QED) is 0.763. The highest BCUT2D eigenvalue weighted by atomic mass is 16.5. The van der Waals surface area contributed by atoms with Crippen LogP contribution in [0.15, 0.2) is 0 Å². The van der Waals surface area contributed by atoms with Crippen molar-refractivity contribution < 1.29 is 9.53 Å². The Morgan fingerprint density at radius 1 is 1.38 bits per heavy atom. The Morgan fingerprint density at radius 3 is 2.76 bits per heavy atom. The van der Waals surface area contributed by atoms with E-state index in [9.17, 15) is 4.79 Å². The molecule has 2 aliphatic heterocycles. The van der Waals surface area contributed by atoms with Gasteiger partial charge in [-0.1, -0.05) is 13.8 Å². The number of hydrogen-bond acceptors (Lipinski definition) is 4. The fourth-order valence-corrected chi connectivity index (χ4v) is 3.29. The van der Waals surface area contributed by atoms with Crippen molar-refractivity contribution in [3.05, 3.63) is 0 Å². The van der Waals surface area contributed by atoms with Crippen LogP contribution in [0.2, 0.25) is 0 Å². The normalized spacial score (nSPS) is 25.8. The first-order valence-electron chi connectivity index (χ1n) is 8.47. The van der Waals surface area contributed by atoms with Gasteiger partial charge in [0, 0.05) is 32.2 Å². The minimum atomic E-state index is 0.156. The molecule has 0 saturated carbocycles. The van der Waals surface area contributed by atoms with Gasteiger partial charge in [0.1, 0.15) is 0 Å². The number of amides is 1. The number of nitrogens with one attached hydrogen (secondary N) is 2. The molecular formula is C16H31N3O2. The molecular weight excluding hydrogens is 266 g/mol. The molecule has 21 heavy (non-hydrogen) atoms. The standard InChI is InChI=1S/C16H31N3O2/c1-13(2)10-15(19-6-8-21-9-7-19)12-18-16(20)14-4-3-5-17-11-14/h13-15,17H,3-12H2,1-2H3,(H,18,20)/t14-,15?/m0/s1. The van der Waals surface area contributed by atoms with E-state index in [1.54, 1.807) is 0 Å². The second-order valence-corrected chi connectivity index (χ2v) is 6.72. The maximum atomic E-state index is 12.3. The molecule has 1 amide bonds. The van der Waals surface area contributed by atoms with Crippen molar-refractivity contribution in [3.63, 3.8) is 0 Å². The summed E-state index contributed by atoms with van der Waals surface area (Å²) in [6.07, 6.45) is 3.26. The molecule has 5 heteroatoms. The minimum absolute atomic E-state index is 0.156. The average Bonchev–Trinajstić information content (AvgIpc) is 2.52. The number of carbonyl (C=O) groups excluding carboxylic acids is 1.